The molecule has 1 aliphatic heterocycles. The van der Waals surface area contributed by atoms with E-state index in [2.05, 4.69) is 10.3 Å². The van der Waals surface area contributed by atoms with E-state index in [-0.39, 0.29) is 25.6 Å². The minimum atomic E-state index is -1.03. The number of urea groups is 1. The molecule has 2 N–H and O–H groups in total. The number of amides is 2. The van der Waals surface area contributed by atoms with E-state index in [1.807, 2.05) is 6.92 Å². The number of hydrogen-bond donors (Lipinski definition) is 2. The monoisotopic (exact) mass is 297 g/mol. The molecule has 1 aromatic heterocycles. The molecule has 0 bridgehead atoms. The first-order valence-corrected chi connectivity index (χ1v) is 6.65. The highest BCUT2D eigenvalue weighted by Gasteiger charge is 2.39. The number of aryl methyl sites for hydroxylation is 2. The molecule has 2 amide bonds. The third-order valence-corrected chi connectivity index (χ3v) is 3.61. The standard InChI is InChI=1S/C13H19N3O5/c1-7-8(2)21-11(15-7)5-14-13(19)16-6-9(20-3)4-10(16)12(17)18/h9-10H,4-6H2,1-3H3,(H,14,19)(H,17,18). The summed E-state index contributed by atoms with van der Waals surface area (Å²) in [5.41, 5.74) is 0.767. The van der Waals surface area contributed by atoms with Crippen molar-refractivity contribution in [3.63, 3.8) is 0 Å². The zero-order chi connectivity index (χ0) is 15.6. The predicted molar refractivity (Wildman–Crippen MR) is 71.8 cm³/mol. The Hall–Kier alpha value is -2.09. The minimum Gasteiger partial charge on any atom is -0.480 e. The number of nitrogens with zero attached hydrogens (tertiary/aromatic N) is 2. The molecule has 8 nitrogen and oxygen atoms in total. The van der Waals surface area contributed by atoms with E-state index in [1.165, 1.54) is 12.0 Å². The van der Waals surface area contributed by atoms with Gasteiger partial charge in [0.1, 0.15) is 11.8 Å². The molecule has 0 aromatic carbocycles. The van der Waals surface area contributed by atoms with Crippen molar-refractivity contribution in [3.05, 3.63) is 17.3 Å². The van der Waals surface area contributed by atoms with Crippen molar-refractivity contribution < 1.29 is 23.8 Å². The fourth-order valence-corrected chi connectivity index (χ4v) is 2.29. The Labute approximate surface area is 122 Å². The highest BCUT2D eigenvalue weighted by atomic mass is 16.5. The van der Waals surface area contributed by atoms with Gasteiger partial charge in [-0.05, 0) is 13.8 Å². The lowest BCUT2D eigenvalue weighted by atomic mass is 10.2. The van der Waals surface area contributed by atoms with Gasteiger partial charge in [-0.1, -0.05) is 0 Å². The van der Waals surface area contributed by atoms with E-state index >= 15 is 0 Å². The summed E-state index contributed by atoms with van der Waals surface area (Å²) in [7, 11) is 1.50. The average Bonchev–Trinajstić information content (AvgIpc) is 3.00. The normalized spacial score (nSPS) is 21.6. The summed E-state index contributed by atoms with van der Waals surface area (Å²) in [6.07, 6.45) is 0.0271. The van der Waals surface area contributed by atoms with Crippen molar-refractivity contribution >= 4 is 12.0 Å². The molecule has 2 heterocycles. The lowest BCUT2D eigenvalue weighted by Crippen LogP contribution is -2.46. The van der Waals surface area contributed by atoms with Crippen LogP contribution in [0.2, 0.25) is 0 Å². The van der Waals surface area contributed by atoms with Gasteiger partial charge in [-0.15, -0.1) is 0 Å². The number of aromatic nitrogens is 1. The highest BCUT2D eigenvalue weighted by molar-refractivity contribution is 5.83. The predicted octanol–water partition coefficient (Wildman–Crippen LogP) is 0.675. The van der Waals surface area contributed by atoms with E-state index in [0.717, 1.165) is 5.69 Å². The Kier molecular flexibility index (Phi) is 4.46. The minimum absolute atomic E-state index is 0.119. The van der Waals surface area contributed by atoms with Gasteiger partial charge in [-0.2, -0.15) is 0 Å². The van der Waals surface area contributed by atoms with Gasteiger partial charge in [-0.25, -0.2) is 14.6 Å². The van der Waals surface area contributed by atoms with Crippen LogP contribution in [0.3, 0.4) is 0 Å². The van der Waals surface area contributed by atoms with Crippen LogP contribution in [-0.4, -0.2) is 52.8 Å². The molecule has 1 aromatic rings. The number of carboxylic acids is 1. The molecule has 1 saturated heterocycles. The third kappa shape index (κ3) is 3.33. The van der Waals surface area contributed by atoms with Crippen molar-refractivity contribution in [2.45, 2.75) is 39.0 Å². The lowest BCUT2D eigenvalue weighted by molar-refractivity contribution is -0.141. The lowest BCUT2D eigenvalue weighted by Gasteiger charge is -2.21. The zero-order valence-electron chi connectivity index (χ0n) is 12.3. The Morgan fingerprint density at radius 3 is 2.76 bits per heavy atom. The first-order chi connectivity index (χ1) is 9.92. The molecular weight excluding hydrogens is 278 g/mol. The van der Waals surface area contributed by atoms with Crippen molar-refractivity contribution in [1.82, 2.24) is 15.2 Å². The van der Waals surface area contributed by atoms with Crippen LogP contribution in [-0.2, 0) is 16.1 Å². The molecule has 0 spiro atoms. The summed E-state index contributed by atoms with van der Waals surface area (Å²) in [4.78, 5) is 28.7. The highest BCUT2D eigenvalue weighted by Crippen LogP contribution is 2.20. The Balaban J connectivity index is 1.97. The number of likely N-dealkylation sites (tertiary alicyclic amines) is 1. The van der Waals surface area contributed by atoms with Crippen molar-refractivity contribution in [2.24, 2.45) is 0 Å². The molecule has 1 aliphatic rings. The Bertz CT molecular complexity index is 522. The summed E-state index contributed by atoms with van der Waals surface area (Å²) in [6.45, 7) is 3.98. The number of carbonyl (C=O) groups excluding carboxylic acids is 1. The number of hydrogen-bond acceptors (Lipinski definition) is 5. The fourth-order valence-electron chi connectivity index (χ4n) is 2.29. The van der Waals surface area contributed by atoms with E-state index in [0.29, 0.717) is 11.7 Å². The maximum Gasteiger partial charge on any atom is 0.326 e. The van der Waals surface area contributed by atoms with Gasteiger partial charge in [0.05, 0.1) is 18.3 Å². The summed E-state index contributed by atoms with van der Waals surface area (Å²) in [5.74, 6) is 0.0588. The van der Waals surface area contributed by atoms with Crippen molar-refractivity contribution in [3.8, 4) is 0 Å². The SMILES string of the molecule is COC1CC(C(=O)O)N(C(=O)NCc2nc(C)c(C)o2)C1. The second-order valence-electron chi connectivity index (χ2n) is 5.01. The van der Waals surface area contributed by atoms with Crippen LogP contribution in [0, 0.1) is 13.8 Å². The van der Waals surface area contributed by atoms with Gasteiger partial charge in [0.2, 0.25) is 5.89 Å². The Morgan fingerprint density at radius 1 is 1.52 bits per heavy atom. The van der Waals surface area contributed by atoms with Gasteiger partial charge < -0.3 is 24.5 Å². The Morgan fingerprint density at radius 2 is 2.24 bits per heavy atom. The van der Waals surface area contributed by atoms with Crippen LogP contribution in [0.15, 0.2) is 4.42 Å². The number of methoxy groups -OCH3 is 1. The summed E-state index contributed by atoms with van der Waals surface area (Å²) in [6, 6.07) is -1.33. The molecule has 2 atom stereocenters. The number of nitrogens with one attached hydrogen (secondary N) is 1. The smallest absolute Gasteiger partial charge is 0.326 e. The van der Waals surface area contributed by atoms with E-state index in [9.17, 15) is 9.59 Å². The molecule has 2 rings (SSSR count). The number of rotatable bonds is 4. The van der Waals surface area contributed by atoms with E-state index in [4.69, 9.17) is 14.3 Å². The third-order valence-electron chi connectivity index (χ3n) is 3.61. The molecule has 0 aliphatic carbocycles. The van der Waals surface area contributed by atoms with Crippen LogP contribution in [0.5, 0.6) is 0 Å². The quantitative estimate of drug-likeness (QED) is 0.846. The second kappa shape index (κ2) is 6.13. The fraction of sp³-hybridized carbons (Fsp3) is 0.615. The van der Waals surface area contributed by atoms with E-state index < -0.39 is 18.0 Å². The second-order valence-corrected chi connectivity index (χ2v) is 5.01. The van der Waals surface area contributed by atoms with Crippen LogP contribution in [0.25, 0.3) is 0 Å². The molecule has 0 radical (unpaired) electrons. The van der Waals surface area contributed by atoms with Gasteiger partial charge in [0, 0.05) is 20.1 Å². The van der Waals surface area contributed by atoms with Crippen LogP contribution < -0.4 is 5.32 Å². The van der Waals surface area contributed by atoms with Crippen LogP contribution in [0.1, 0.15) is 23.8 Å². The van der Waals surface area contributed by atoms with Gasteiger partial charge in [-0.3, -0.25) is 0 Å². The topological polar surface area (TPSA) is 105 Å². The first kappa shape index (κ1) is 15.3. The van der Waals surface area contributed by atoms with Gasteiger partial charge in [0.25, 0.3) is 0 Å². The van der Waals surface area contributed by atoms with Crippen molar-refractivity contribution in [2.75, 3.05) is 13.7 Å². The maximum atomic E-state index is 12.1. The van der Waals surface area contributed by atoms with Crippen molar-refractivity contribution in [1.29, 1.82) is 0 Å². The van der Waals surface area contributed by atoms with Crippen LogP contribution in [0.4, 0.5) is 4.79 Å². The summed E-state index contributed by atoms with van der Waals surface area (Å²) in [5, 5.41) is 11.8. The summed E-state index contributed by atoms with van der Waals surface area (Å²) < 4.78 is 10.5. The molecular formula is C13H19N3O5. The summed E-state index contributed by atoms with van der Waals surface area (Å²) >= 11 is 0. The van der Waals surface area contributed by atoms with Gasteiger partial charge >= 0.3 is 12.0 Å². The number of ether oxygens (including phenoxy) is 1. The molecule has 0 saturated carbocycles. The largest absolute Gasteiger partial charge is 0.480 e. The number of carboxylic acid groups (broad SMARTS) is 1. The molecule has 2 unspecified atom stereocenters. The molecule has 21 heavy (non-hydrogen) atoms. The molecule has 116 valence electrons. The van der Waals surface area contributed by atoms with Gasteiger partial charge in [0.15, 0.2) is 0 Å². The molecule has 1 fully saturated rings. The molecule has 8 heteroatoms. The zero-order valence-corrected chi connectivity index (χ0v) is 12.3. The number of carbonyl (C=O) groups is 2. The average molecular weight is 297 g/mol. The van der Waals surface area contributed by atoms with E-state index in [1.54, 1.807) is 6.92 Å². The van der Waals surface area contributed by atoms with Crippen LogP contribution >= 0.6 is 0 Å². The first-order valence-electron chi connectivity index (χ1n) is 6.65. The number of aliphatic carboxylic acids is 1. The maximum absolute atomic E-state index is 12.1. The number of oxazole rings is 1.